The fourth-order valence-corrected chi connectivity index (χ4v) is 5.69. The van der Waals surface area contributed by atoms with Crippen molar-refractivity contribution in [1.82, 2.24) is 0 Å². The van der Waals surface area contributed by atoms with Gasteiger partial charge in [-0.05, 0) is 43.2 Å². The molecule has 0 unspecified atom stereocenters. The number of benzene rings is 2. The van der Waals surface area contributed by atoms with Gasteiger partial charge in [0.1, 0.15) is 11.6 Å². The molecule has 2 aromatic carbocycles. The Labute approximate surface area is 181 Å². The Bertz CT molecular complexity index is 1140. The normalized spacial score (nSPS) is 15.8. The second-order valence-corrected chi connectivity index (χ2v) is 10.1. The minimum absolute atomic E-state index is 0.0350. The molecule has 0 aromatic heterocycles. The molecule has 0 radical (unpaired) electrons. The molecule has 10 heteroatoms. The second-order valence-electron chi connectivity index (χ2n) is 7.10. The summed E-state index contributed by atoms with van der Waals surface area (Å²) in [6, 6.07) is 5.67. The maximum absolute atomic E-state index is 13.7. The average molecular weight is 501 g/mol. The number of nitrogens with zero attached hydrogens (tertiary/aromatic N) is 1. The van der Waals surface area contributed by atoms with Crippen LogP contribution in [0.1, 0.15) is 25.8 Å². The van der Waals surface area contributed by atoms with Crippen LogP contribution in [-0.2, 0) is 25.8 Å². The molecule has 160 valence electrons. The summed E-state index contributed by atoms with van der Waals surface area (Å²) >= 11 is 3.30. The minimum Gasteiger partial charge on any atom is -0.324 e. The molecule has 2 amide bonds. The molecule has 1 aliphatic rings. The number of hydrogen-bond donors (Lipinski definition) is 1. The van der Waals surface area contributed by atoms with E-state index in [1.807, 2.05) is 6.92 Å². The van der Waals surface area contributed by atoms with Crippen LogP contribution < -0.4 is 10.2 Å². The largest absolute Gasteiger partial charge is 0.324 e. The van der Waals surface area contributed by atoms with Crippen molar-refractivity contribution in [2.45, 2.75) is 37.6 Å². The van der Waals surface area contributed by atoms with E-state index in [1.54, 1.807) is 6.07 Å². The first-order chi connectivity index (χ1) is 14.0. The number of amides is 2. The van der Waals surface area contributed by atoms with E-state index in [4.69, 9.17) is 0 Å². The number of carbonyl (C=O) groups excluding carboxylic acids is 2. The first-order valence-corrected chi connectivity index (χ1v) is 11.5. The summed E-state index contributed by atoms with van der Waals surface area (Å²) in [5.74, 6) is -3.29. The summed E-state index contributed by atoms with van der Waals surface area (Å²) in [7, 11) is -3.94. The van der Waals surface area contributed by atoms with Gasteiger partial charge in [0.25, 0.3) is 0 Å². The minimum atomic E-state index is -3.94. The van der Waals surface area contributed by atoms with Gasteiger partial charge in [-0.15, -0.1) is 0 Å². The van der Waals surface area contributed by atoms with E-state index in [0.29, 0.717) is 22.6 Å². The van der Waals surface area contributed by atoms with E-state index in [0.717, 1.165) is 17.7 Å². The van der Waals surface area contributed by atoms with Crippen LogP contribution in [0.15, 0.2) is 39.7 Å². The molecule has 0 spiro atoms. The third-order valence-electron chi connectivity index (χ3n) is 4.79. The molecule has 2 aromatic rings. The first-order valence-electron chi connectivity index (χ1n) is 9.09. The monoisotopic (exact) mass is 500 g/mol. The molecule has 6 nitrogen and oxygen atoms in total. The van der Waals surface area contributed by atoms with E-state index in [2.05, 4.69) is 21.2 Å². The molecule has 1 atom stereocenters. The van der Waals surface area contributed by atoms with Crippen LogP contribution in [0.5, 0.6) is 0 Å². The number of sulfone groups is 1. The summed E-state index contributed by atoms with van der Waals surface area (Å²) in [4.78, 5) is 25.7. The summed E-state index contributed by atoms with van der Waals surface area (Å²) in [6.45, 7) is 3.20. The Balaban J connectivity index is 1.83. The lowest BCUT2D eigenvalue weighted by atomic mass is 10.1. The van der Waals surface area contributed by atoms with Gasteiger partial charge >= 0.3 is 0 Å². The van der Waals surface area contributed by atoms with E-state index < -0.39 is 39.6 Å². The quantitative estimate of drug-likeness (QED) is 0.676. The third-order valence-corrected chi connectivity index (χ3v) is 6.97. The zero-order valence-corrected chi connectivity index (χ0v) is 18.6. The molecule has 0 bridgehead atoms. The molecule has 0 aliphatic carbocycles. The number of fused-ring (bicyclic) bond motifs is 1. The Kier molecular flexibility index (Phi) is 6.28. The van der Waals surface area contributed by atoms with Crippen molar-refractivity contribution in [3.63, 3.8) is 0 Å². The summed E-state index contributed by atoms with van der Waals surface area (Å²) in [5.41, 5.74) is 0.824. The van der Waals surface area contributed by atoms with Crippen molar-refractivity contribution in [3.05, 3.63) is 52.0 Å². The van der Waals surface area contributed by atoms with Gasteiger partial charge in [0.05, 0.1) is 22.0 Å². The topological polar surface area (TPSA) is 83.6 Å². The van der Waals surface area contributed by atoms with Crippen LogP contribution in [0.2, 0.25) is 0 Å². The highest BCUT2D eigenvalue weighted by Crippen LogP contribution is 2.40. The Morgan fingerprint density at radius 2 is 1.93 bits per heavy atom. The van der Waals surface area contributed by atoms with Crippen molar-refractivity contribution in [1.29, 1.82) is 0 Å². The highest BCUT2D eigenvalue weighted by Gasteiger charge is 2.35. The first kappa shape index (κ1) is 22.4. The van der Waals surface area contributed by atoms with E-state index in [1.165, 1.54) is 17.9 Å². The predicted octanol–water partition coefficient (Wildman–Crippen LogP) is 3.83. The maximum Gasteiger partial charge on any atom is 0.225 e. The number of nitrogens with one attached hydrogen (secondary N) is 1. The highest BCUT2D eigenvalue weighted by atomic mass is 79.9. The molecule has 3 rings (SSSR count). The standard InChI is InChI=1S/C20H19BrF2N2O4S/c1-11-7-13-8-14(21)9-18(20(13)25(11)12(2)26)30(28,29)6-5-19(27)24-17-4-3-15(22)10-16(17)23/h3-4,8-11H,5-7H2,1-2H3,(H,24,27)/t11-/m1/s1. The summed E-state index contributed by atoms with van der Waals surface area (Å²) in [5, 5.41) is 2.24. The average Bonchev–Trinajstić information content (AvgIpc) is 2.97. The lowest BCUT2D eigenvalue weighted by molar-refractivity contribution is -0.117. The SMILES string of the molecule is CC(=O)N1c2c(cc(Br)cc2S(=O)(=O)CCC(=O)Nc2ccc(F)cc2F)C[C@H]1C. The lowest BCUT2D eigenvalue weighted by Crippen LogP contribution is -2.34. The van der Waals surface area contributed by atoms with Crippen LogP contribution in [0, 0.1) is 11.6 Å². The van der Waals surface area contributed by atoms with Gasteiger partial charge in [0, 0.05) is 29.9 Å². The molecular weight excluding hydrogens is 482 g/mol. The zero-order chi connectivity index (χ0) is 22.2. The zero-order valence-electron chi connectivity index (χ0n) is 16.2. The van der Waals surface area contributed by atoms with E-state index in [-0.39, 0.29) is 22.5 Å². The fourth-order valence-electron chi connectivity index (χ4n) is 3.53. The molecule has 0 fully saturated rings. The molecule has 1 heterocycles. The van der Waals surface area contributed by atoms with Gasteiger partial charge in [-0.25, -0.2) is 17.2 Å². The molecule has 30 heavy (non-hydrogen) atoms. The Morgan fingerprint density at radius 1 is 1.23 bits per heavy atom. The van der Waals surface area contributed by atoms with E-state index >= 15 is 0 Å². The van der Waals surface area contributed by atoms with Crippen molar-refractivity contribution >= 4 is 49.0 Å². The molecular formula is C20H19BrF2N2O4S. The second kappa shape index (κ2) is 8.43. The maximum atomic E-state index is 13.7. The molecule has 0 saturated carbocycles. The lowest BCUT2D eigenvalue weighted by Gasteiger charge is -2.23. The van der Waals surface area contributed by atoms with Crippen molar-refractivity contribution in [3.8, 4) is 0 Å². The van der Waals surface area contributed by atoms with Crippen LogP contribution >= 0.6 is 15.9 Å². The Hall–Kier alpha value is -2.33. The van der Waals surface area contributed by atoms with Crippen LogP contribution in [0.4, 0.5) is 20.2 Å². The van der Waals surface area contributed by atoms with Crippen molar-refractivity contribution < 1.29 is 26.8 Å². The van der Waals surface area contributed by atoms with Gasteiger partial charge in [0.15, 0.2) is 9.84 Å². The van der Waals surface area contributed by atoms with Crippen LogP contribution in [-0.4, -0.2) is 32.0 Å². The van der Waals surface area contributed by atoms with E-state index in [9.17, 15) is 26.8 Å². The van der Waals surface area contributed by atoms with Crippen LogP contribution in [0.3, 0.4) is 0 Å². The Morgan fingerprint density at radius 3 is 2.57 bits per heavy atom. The van der Waals surface area contributed by atoms with Gasteiger partial charge in [-0.1, -0.05) is 15.9 Å². The number of anilines is 2. The fraction of sp³-hybridized carbons (Fsp3) is 0.300. The van der Waals surface area contributed by atoms with Gasteiger partial charge < -0.3 is 10.2 Å². The molecule has 0 saturated heterocycles. The molecule has 1 N–H and O–H groups in total. The van der Waals surface area contributed by atoms with Gasteiger partial charge in [-0.3, -0.25) is 9.59 Å². The van der Waals surface area contributed by atoms with Crippen LogP contribution in [0.25, 0.3) is 0 Å². The molecule has 1 aliphatic heterocycles. The number of carbonyl (C=O) groups is 2. The predicted molar refractivity (Wildman–Crippen MR) is 112 cm³/mol. The summed E-state index contributed by atoms with van der Waals surface area (Å²) in [6.07, 6.45) is 0.0806. The smallest absolute Gasteiger partial charge is 0.225 e. The van der Waals surface area contributed by atoms with Gasteiger partial charge in [0.2, 0.25) is 11.8 Å². The number of halogens is 3. The van der Waals surface area contributed by atoms with Crippen molar-refractivity contribution in [2.24, 2.45) is 0 Å². The summed E-state index contributed by atoms with van der Waals surface area (Å²) < 4.78 is 53.3. The van der Waals surface area contributed by atoms with Gasteiger partial charge in [-0.2, -0.15) is 0 Å². The van der Waals surface area contributed by atoms with Crippen molar-refractivity contribution in [2.75, 3.05) is 16.0 Å². The number of rotatable bonds is 5. The number of hydrogen-bond acceptors (Lipinski definition) is 4. The third kappa shape index (κ3) is 4.54. The highest BCUT2D eigenvalue weighted by molar-refractivity contribution is 9.10.